The summed E-state index contributed by atoms with van der Waals surface area (Å²) in [5.41, 5.74) is 11.5. The van der Waals surface area contributed by atoms with Crippen molar-refractivity contribution in [3.05, 3.63) is 71.9 Å². The number of hydrogen-bond acceptors (Lipinski definition) is 7. The maximum absolute atomic E-state index is 12.3. The number of rotatable bonds is 5. The Morgan fingerprint density at radius 1 is 1.00 bits per heavy atom. The lowest BCUT2D eigenvalue weighted by atomic mass is 10.1. The molecule has 5 rings (SSSR count). The van der Waals surface area contributed by atoms with Gasteiger partial charge >= 0.3 is 6.09 Å². The molecule has 4 aromatic rings. The van der Waals surface area contributed by atoms with Gasteiger partial charge in [0.1, 0.15) is 17.2 Å². The number of carbonyl (C=O) groups excluding carboxylic acids is 1. The van der Waals surface area contributed by atoms with Gasteiger partial charge in [0.2, 0.25) is 0 Å². The summed E-state index contributed by atoms with van der Waals surface area (Å²) in [5, 5.41) is 0. The van der Waals surface area contributed by atoms with Gasteiger partial charge in [-0.15, -0.1) is 0 Å². The Kier molecular flexibility index (Phi) is 6.80. The van der Waals surface area contributed by atoms with E-state index in [0.29, 0.717) is 25.3 Å². The summed E-state index contributed by atoms with van der Waals surface area (Å²) >= 11 is 0. The zero-order chi connectivity index (χ0) is 26.0. The van der Waals surface area contributed by atoms with Crippen molar-refractivity contribution in [2.75, 3.05) is 31.9 Å². The molecule has 1 aliphatic heterocycles. The summed E-state index contributed by atoms with van der Waals surface area (Å²) in [6, 6.07) is 14.1. The van der Waals surface area contributed by atoms with Crippen LogP contribution in [-0.2, 0) is 17.7 Å². The van der Waals surface area contributed by atoms with E-state index in [1.165, 1.54) is 5.56 Å². The first-order chi connectivity index (χ1) is 17.7. The highest BCUT2D eigenvalue weighted by Crippen LogP contribution is 2.24. The zero-order valence-corrected chi connectivity index (χ0v) is 21.6. The third kappa shape index (κ3) is 6.24. The van der Waals surface area contributed by atoms with Gasteiger partial charge in [0, 0.05) is 57.2 Å². The van der Waals surface area contributed by atoms with Crippen molar-refractivity contribution in [2.24, 2.45) is 0 Å². The van der Waals surface area contributed by atoms with E-state index in [-0.39, 0.29) is 6.09 Å². The minimum absolute atomic E-state index is 0.235. The minimum atomic E-state index is -0.474. The highest BCUT2D eigenvalue weighted by Gasteiger charge is 2.25. The molecule has 9 nitrogen and oxygen atoms in total. The number of hydrogen-bond donors (Lipinski definition) is 2. The molecule has 1 saturated heterocycles. The van der Waals surface area contributed by atoms with E-state index in [2.05, 4.69) is 38.1 Å². The lowest BCUT2D eigenvalue weighted by Crippen LogP contribution is -2.49. The molecule has 1 aliphatic rings. The van der Waals surface area contributed by atoms with Gasteiger partial charge in [-0.3, -0.25) is 9.88 Å². The molecule has 0 atom stereocenters. The zero-order valence-electron chi connectivity index (χ0n) is 21.6. The molecule has 3 aromatic heterocycles. The Bertz CT molecular complexity index is 1400. The predicted octanol–water partition coefficient (Wildman–Crippen LogP) is 4.25. The van der Waals surface area contributed by atoms with E-state index in [9.17, 15) is 4.79 Å². The van der Waals surface area contributed by atoms with Crippen LogP contribution in [0, 0.1) is 0 Å². The SMILES string of the molecule is CC(C)(C)OC(=O)N1CCN(Cc2ccnc(Cc3nc4ccc(-c5ccnc(N)c5)cc4[nH]3)c2)CC1. The van der Waals surface area contributed by atoms with Crippen LogP contribution in [0.3, 0.4) is 0 Å². The quantitative estimate of drug-likeness (QED) is 0.422. The Morgan fingerprint density at radius 3 is 2.51 bits per heavy atom. The maximum Gasteiger partial charge on any atom is 0.410 e. The fourth-order valence-corrected chi connectivity index (χ4v) is 4.52. The van der Waals surface area contributed by atoms with Crippen molar-refractivity contribution >= 4 is 22.9 Å². The Morgan fingerprint density at radius 2 is 1.76 bits per heavy atom. The van der Waals surface area contributed by atoms with Gasteiger partial charge in [-0.25, -0.2) is 14.8 Å². The number of ether oxygens (including phenoxy) is 1. The fourth-order valence-electron chi connectivity index (χ4n) is 4.52. The average Bonchev–Trinajstić information content (AvgIpc) is 3.25. The summed E-state index contributed by atoms with van der Waals surface area (Å²) in [7, 11) is 0. The number of benzene rings is 1. The van der Waals surface area contributed by atoms with Gasteiger partial charge in [0.05, 0.1) is 11.0 Å². The van der Waals surface area contributed by atoms with Crippen LogP contribution in [-0.4, -0.2) is 67.6 Å². The number of fused-ring (bicyclic) bond motifs is 1. The monoisotopic (exact) mass is 499 g/mol. The Balaban J connectivity index is 1.21. The third-order valence-corrected chi connectivity index (χ3v) is 6.31. The second-order valence-corrected chi connectivity index (χ2v) is 10.5. The van der Waals surface area contributed by atoms with E-state index in [4.69, 9.17) is 15.5 Å². The Hall–Kier alpha value is -3.98. The maximum atomic E-state index is 12.3. The largest absolute Gasteiger partial charge is 0.444 e. The van der Waals surface area contributed by atoms with Gasteiger partial charge in [-0.1, -0.05) is 6.07 Å². The summed E-state index contributed by atoms with van der Waals surface area (Å²) < 4.78 is 5.50. The molecular formula is C28H33N7O2. The van der Waals surface area contributed by atoms with Gasteiger partial charge in [0.15, 0.2) is 0 Å². The molecule has 0 radical (unpaired) electrons. The molecule has 1 amide bonds. The van der Waals surface area contributed by atoms with E-state index >= 15 is 0 Å². The number of piperazine rings is 1. The number of nitrogens with one attached hydrogen (secondary N) is 1. The van der Waals surface area contributed by atoms with Crippen molar-refractivity contribution < 1.29 is 9.53 Å². The highest BCUT2D eigenvalue weighted by molar-refractivity contribution is 5.82. The first-order valence-electron chi connectivity index (χ1n) is 12.6. The summed E-state index contributed by atoms with van der Waals surface area (Å²) in [5.74, 6) is 1.37. The summed E-state index contributed by atoms with van der Waals surface area (Å²) in [6.07, 6.45) is 3.96. The molecule has 0 aliphatic carbocycles. The topological polar surface area (TPSA) is 113 Å². The molecule has 1 aromatic carbocycles. The van der Waals surface area contributed by atoms with Crippen LogP contribution >= 0.6 is 0 Å². The number of imidazole rings is 1. The fraction of sp³-hybridized carbons (Fsp3) is 0.357. The highest BCUT2D eigenvalue weighted by atomic mass is 16.6. The lowest BCUT2D eigenvalue weighted by Gasteiger charge is -2.35. The van der Waals surface area contributed by atoms with Crippen LogP contribution in [0.15, 0.2) is 54.9 Å². The number of carbonyl (C=O) groups is 1. The van der Waals surface area contributed by atoms with Crippen molar-refractivity contribution in [3.63, 3.8) is 0 Å². The molecule has 1 fully saturated rings. The van der Waals surface area contributed by atoms with Crippen LogP contribution < -0.4 is 5.73 Å². The molecule has 4 heterocycles. The number of amides is 1. The predicted molar refractivity (Wildman–Crippen MR) is 144 cm³/mol. The van der Waals surface area contributed by atoms with Crippen LogP contribution in [0.5, 0.6) is 0 Å². The van der Waals surface area contributed by atoms with Gasteiger partial charge in [0.25, 0.3) is 0 Å². The second kappa shape index (κ2) is 10.2. The normalized spacial score (nSPS) is 14.7. The van der Waals surface area contributed by atoms with Gasteiger partial charge in [-0.2, -0.15) is 0 Å². The smallest absolute Gasteiger partial charge is 0.410 e. The van der Waals surface area contributed by atoms with Crippen LogP contribution in [0.1, 0.15) is 37.9 Å². The Labute approximate surface area is 216 Å². The summed E-state index contributed by atoms with van der Waals surface area (Å²) in [4.78, 5) is 33.3. The standard InChI is InChI=1S/C28H33N7O2/c1-28(2,3)37-27(36)35-12-10-34(11-13-35)18-19-6-8-30-22(14-19)17-26-32-23-5-4-20(15-24(23)33-26)21-7-9-31-25(29)16-21/h4-9,14-16H,10-13,17-18H2,1-3H3,(H2,29,31)(H,32,33). The van der Waals surface area contributed by atoms with E-state index in [1.54, 1.807) is 11.1 Å². The van der Waals surface area contributed by atoms with Crippen LogP contribution in [0.2, 0.25) is 0 Å². The van der Waals surface area contributed by atoms with E-state index in [0.717, 1.165) is 53.3 Å². The number of aromatic amines is 1. The van der Waals surface area contributed by atoms with Crippen LogP contribution in [0.25, 0.3) is 22.2 Å². The molecule has 0 saturated carbocycles. The van der Waals surface area contributed by atoms with E-state index < -0.39 is 5.60 Å². The minimum Gasteiger partial charge on any atom is -0.444 e. The first-order valence-corrected chi connectivity index (χ1v) is 12.6. The number of H-pyrrole nitrogens is 1. The molecule has 0 bridgehead atoms. The average molecular weight is 500 g/mol. The molecule has 37 heavy (non-hydrogen) atoms. The molecule has 192 valence electrons. The van der Waals surface area contributed by atoms with Gasteiger partial charge in [-0.05, 0) is 73.9 Å². The van der Waals surface area contributed by atoms with Crippen molar-refractivity contribution in [1.82, 2.24) is 29.7 Å². The van der Waals surface area contributed by atoms with Crippen molar-refractivity contribution in [3.8, 4) is 11.1 Å². The van der Waals surface area contributed by atoms with E-state index in [1.807, 2.05) is 51.2 Å². The lowest BCUT2D eigenvalue weighted by molar-refractivity contribution is 0.0139. The number of anilines is 1. The number of pyridine rings is 2. The number of nitrogens with two attached hydrogens (primary N) is 1. The number of nitrogen functional groups attached to an aromatic ring is 1. The van der Waals surface area contributed by atoms with Crippen molar-refractivity contribution in [2.45, 2.75) is 39.3 Å². The third-order valence-electron chi connectivity index (χ3n) is 6.31. The van der Waals surface area contributed by atoms with Crippen molar-refractivity contribution in [1.29, 1.82) is 0 Å². The molecule has 0 spiro atoms. The molecule has 3 N–H and O–H groups in total. The molecule has 0 unspecified atom stereocenters. The number of aromatic nitrogens is 4. The number of nitrogens with zero attached hydrogens (tertiary/aromatic N) is 5. The second-order valence-electron chi connectivity index (χ2n) is 10.5. The molecular weight excluding hydrogens is 466 g/mol. The molecule has 9 heteroatoms. The van der Waals surface area contributed by atoms with Crippen LogP contribution in [0.4, 0.5) is 10.6 Å². The summed E-state index contributed by atoms with van der Waals surface area (Å²) in [6.45, 7) is 9.45. The van der Waals surface area contributed by atoms with Gasteiger partial charge < -0.3 is 20.4 Å². The first kappa shape index (κ1) is 24.7.